The summed E-state index contributed by atoms with van der Waals surface area (Å²) in [5.74, 6) is 2.41. The van der Waals surface area contributed by atoms with Crippen LogP contribution in [-0.2, 0) is 13.0 Å². The molecule has 0 saturated carbocycles. The van der Waals surface area contributed by atoms with Gasteiger partial charge in [-0.05, 0) is 49.9 Å². The molecule has 5 nitrogen and oxygen atoms in total. The van der Waals surface area contributed by atoms with Crippen molar-refractivity contribution in [2.45, 2.75) is 32.8 Å². The van der Waals surface area contributed by atoms with Gasteiger partial charge in [0.2, 0.25) is 11.7 Å². The molecule has 1 saturated heterocycles. The molecule has 1 aliphatic heterocycles. The van der Waals surface area contributed by atoms with Crippen LogP contribution in [0.2, 0.25) is 0 Å². The second kappa shape index (κ2) is 7.55. The van der Waals surface area contributed by atoms with Crippen molar-refractivity contribution in [1.29, 1.82) is 0 Å². The first-order valence-electron chi connectivity index (χ1n) is 8.11. The summed E-state index contributed by atoms with van der Waals surface area (Å²) in [6, 6.07) is 6.01. The molecule has 2 aromatic rings. The summed E-state index contributed by atoms with van der Waals surface area (Å²) in [7, 11) is 0. The van der Waals surface area contributed by atoms with Crippen molar-refractivity contribution >= 4 is 0 Å². The summed E-state index contributed by atoms with van der Waals surface area (Å²) in [6.07, 6.45) is 3.25. The maximum atomic E-state index is 13.1. The zero-order valence-electron chi connectivity index (χ0n) is 13.3. The van der Waals surface area contributed by atoms with Crippen LogP contribution in [0.5, 0.6) is 5.75 Å². The van der Waals surface area contributed by atoms with Crippen LogP contribution < -0.4 is 10.1 Å². The average Bonchev–Trinajstić information content (AvgIpc) is 3.01. The van der Waals surface area contributed by atoms with E-state index in [0.717, 1.165) is 19.5 Å². The molecule has 2 atom stereocenters. The van der Waals surface area contributed by atoms with Crippen molar-refractivity contribution in [3.05, 3.63) is 41.8 Å². The summed E-state index contributed by atoms with van der Waals surface area (Å²) >= 11 is 0. The monoisotopic (exact) mass is 319 g/mol. The Bertz CT molecular complexity index is 626. The molecular formula is C17H22FN3O2. The first kappa shape index (κ1) is 15.9. The highest BCUT2D eigenvalue weighted by molar-refractivity contribution is 5.22. The van der Waals surface area contributed by atoms with Crippen LogP contribution in [0.1, 0.15) is 31.5 Å². The molecule has 6 heteroatoms. The molecule has 0 spiro atoms. The molecule has 1 fully saturated rings. The van der Waals surface area contributed by atoms with E-state index >= 15 is 0 Å². The molecule has 124 valence electrons. The Balaban J connectivity index is 1.51. The summed E-state index contributed by atoms with van der Waals surface area (Å²) in [4.78, 5) is 4.37. The fourth-order valence-electron chi connectivity index (χ4n) is 2.94. The predicted octanol–water partition coefficient (Wildman–Crippen LogP) is 2.97. The lowest BCUT2D eigenvalue weighted by Gasteiger charge is -2.27. The highest BCUT2D eigenvalue weighted by atomic mass is 19.1. The largest absolute Gasteiger partial charge is 0.485 e. The standard InChI is InChI=1S/C17H22FN3O2/c1-12(13-4-3-7-19-10-13)8-17-20-16(21-23-17)11-22-15-6-2-5-14(18)9-15/h2,5-6,9,12-13,19H,3-4,7-8,10-11H2,1H3. The van der Waals surface area contributed by atoms with E-state index in [2.05, 4.69) is 22.4 Å². The Labute approximate surface area is 135 Å². The van der Waals surface area contributed by atoms with Crippen molar-refractivity contribution in [2.75, 3.05) is 13.1 Å². The second-order valence-electron chi connectivity index (χ2n) is 6.14. The third-order valence-electron chi connectivity index (χ3n) is 4.31. The van der Waals surface area contributed by atoms with Crippen LogP contribution in [0, 0.1) is 17.7 Å². The zero-order chi connectivity index (χ0) is 16.1. The maximum Gasteiger partial charge on any atom is 0.227 e. The number of halogens is 1. The summed E-state index contributed by atoms with van der Waals surface area (Å²) < 4.78 is 23.9. The molecule has 0 aliphatic carbocycles. The van der Waals surface area contributed by atoms with E-state index in [9.17, 15) is 4.39 Å². The van der Waals surface area contributed by atoms with Gasteiger partial charge in [0.1, 0.15) is 11.6 Å². The Morgan fingerprint density at radius 3 is 3.17 bits per heavy atom. The van der Waals surface area contributed by atoms with E-state index < -0.39 is 0 Å². The van der Waals surface area contributed by atoms with E-state index in [1.54, 1.807) is 12.1 Å². The van der Waals surface area contributed by atoms with Crippen LogP contribution in [-0.4, -0.2) is 23.2 Å². The van der Waals surface area contributed by atoms with E-state index in [1.807, 2.05) is 0 Å². The Morgan fingerprint density at radius 2 is 2.39 bits per heavy atom. The number of aromatic nitrogens is 2. The van der Waals surface area contributed by atoms with Gasteiger partial charge in [0.05, 0.1) is 0 Å². The molecule has 0 bridgehead atoms. The van der Waals surface area contributed by atoms with Gasteiger partial charge in [-0.25, -0.2) is 4.39 Å². The Hall–Kier alpha value is -1.95. The average molecular weight is 319 g/mol. The summed E-state index contributed by atoms with van der Waals surface area (Å²) in [6.45, 7) is 4.58. The maximum absolute atomic E-state index is 13.1. The van der Waals surface area contributed by atoms with Gasteiger partial charge >= 0.3 is 0 Å². The molecule has 1 aliphatic rings. The number of ether oxygens (including phenoxy) is 1. The molecular weight excluding hydrogens is 297 g/mol. The molecule has 23 heavy (non-hydrogen) atoms. The van der Waals surface area contributed by atoms with Crippen LogP contribution in [0.15, 0.2) is 28.8 Å². The number of benzene rings is 1. The zero-order valence-corrected chi connectivity index (χ0v) is 13.3. The van der Waals surface area contributed by atoms with Gasteiger partial charge in [0.25, 0.3) is 0 Å². The molecule has 2 heterocycles. The number of nitrogens with zero attached hydrogens (tertiary/aromatic N) is 2. The van der Waals surface area contributed by atoms with Crippen LogP contribution in [0.25, 0.3) is 0 Å². The molecule has 1 aromatic heterocycles. The number of piperidine rings is 1. The Morgan fingerprint density at radius 1 is 1.48 bits per heavy atom. The minimum absolute atomic E-state index is 0.173. The van der Waals surface area contributed by atoms with Crippen LogP contribution in [0.3, 0.4) is 0 Å². The second-order valence-corrected chi connectivity index (χ2v) is 6.14. The van der Waals surface area contributed by atoms with Crippen molar-refractivity contribution in [3.8, 4) is 5.75 Å². The van der Waals surface area contributed by atoms with E-state index in [0.29, 0.717) is 29.3 Å². The number of nitrogens with one attached hydrogen (secondary N) is 1. The normalized spacial score (nSPS) is 19.5. The van der Waals surface area contributed by atoms with Crippen molar-refractivity contribution in [3.63, 3.8) is 0 Å². The van der Waals surface area contributed by atoms with E-state index in [1.165, 1.54) is 25.0 Å². The first-order chi connectivity index (χ1) is 11.2. The highest BCUT2D eigenvalue weighted by Gasteiger charge is 2.22. The molecule has 0 radical (unpaired) electrons. The topological polar surface area (TPSA) is 60.2 Å². The fourth-order valence-corrected chi connectivity index (χ4v) is 2.94. The minimum Gasteiger partial charge on any atom is -0.485 e. The predicted molar refractivity (Wildman–Crippen MR) is 83.5 cm³/mol. The first-order valence-corrected chi connectivity index (χ1v) is 8.11. The van der Waals surface area contributed by atoms with Crippen LogP contribution >= 0.6 is 0 Å². The molecule has 1 N–H and O–H groups in total. The van der Waals surface area contributed by atoms with Gasteiger partial charge in [-0.2, -0.15) is 4.98 Å². The lowest BCUT2D eigenvalue weighted by atomic mass is 9.85. The van der Waals surface area contributed by atoms with Gasteiger partial charge < -0.3 is 14.6 Å². The van der Waals surface area contributed by atoms with E-state index in [-0.39, 0.29) is 12.4 Å². The van der Waals surface area contributed by atoms with Crippen molar-refractivity contribution < 1.29 is 13.7 Å². The van der Waals surface area contributed by atoms with Crippen molar-refractivity contribution in [2.24, 2.45) is 11.8 Å². The molecule has 3 rings (SSSR count). The highest BCUT2D eigenvalue weighted by Crippen LogP contribution is 2.23. The smallest absolute Gasteiger partial charge is 0.227 e. The lowest BCUT2D eigenvalue weighted by molar-refractivity contribution is 0.254. The quantitative estimate of drug-likeness (QED) is 0.887. The van der Waals surface area contributed by atoms with Gasteiger partial charge in [-0.3, -0.25) is 0 Å². The molecule has 2 unspecified atom stereocenters. The van der Waals surface area contributed by atoms with Crippen molar-refractivity contribution in [1.82, 2.24) is 15.5 Å². The van der Waals surface area contributed by atoms with E-state index in [4.69, 9.17) is 9.26 Å². The minimum atomic E-state index is -0.328. The van der Waals surface area contributed by atoms with Crippen LogP contribution in [0.4, 0.5) is 4.39 Å². The van der Waals surface area contributed by atoms with Gasteiger partial charge in [-0.1, -0.05) is 18.1 Å². The number of rotatable bonds is 6. The summed E-state index contributed by atoms with van der Waals surface area (Å²) in [5.41, 5.74) is 0. The third kappa shape index (κ3) is 4.51. The molecule has 0 amide bonds. The van der Waals surface area contributed by atoms with Gasteiger partial charge in [-0.15, -0.1) is 0 Å². The SMILES string of the molecule is CC(Cc1nc(COc2cccc(F)c2)no1)C1CCCNC1. The number of hydrogen-bond donors (Lipinski definition) is 1. The molecule has 1 aromatic carbocycles. The van der Waals surface area contributed by atoms with Gasteiger partial charge in [0, 0.05) is 12.5 Å². The number of hydrogen-bond acceptors (Lipinski definition) is 5. The Kier molecular flexibility index (Phi) is 5.23. The fraction of sp³-hybridized carbons (Fsp3) is 0.529. The third-order valence-corrected chi connectivity index (χ3v) is 4.31. The lowest BCUT2D eigenvalue weighted by Crippen LogP contribution is -2.33. The van der Waals surface area contributed by atoms with Gasteiger partial charge in [0.15, 0.2) is 6.61 Å². The summed E-state index contributed by atoms with van der Waals surface area (Å²) in [5, 5.41) is 7.36.